The first-order valence-corrected chi connectivity index (χ1v) is 11.5. The summed E-state index contributed by atoms with van der Waals surface area (Å²) in [7, 11) is -2.89. The van der Waals surface area contributed by atoms with Crippen LogP contribution in [0.5, 0.6) is 0 Å². The monoisotopic (exact) mass is 469 g/mol. The quantitative estimate of drug-likeness (QED) is 0.441. The van der Waals surface area contributed by atoms with Gasteiger partial charge < -0.3 is 0 Å². The van der Waals surface area contributed by atoms with E-state index in [0.717, 1.165) is 27.6 Å². The molecule has 0 spiro atoms. The maximum absolute atomic E-state index is 13.7. The summed E-state index contributed by atoms with van der Waals surface area (Å²) in [6.07, 6.45) is 0. The third kappa shape index (κ3) is 4.17. The van der Waals surface area contributed by atoms with Crippen molar-refractivity contribution < 1.29 is 17.2 Å². The van der Waals surface area contributed by atoms with Crippen molar-refractivity contribution in [1.29, 1.82) is 0 Å². The number of halogens is 2. The van der Waals surface area contributed by atoms with E-state index in [0.29, 0.717) is 22.7 Å². The van der Waals surface area contributed by atoms with Crippen molar-refractivity contribution in [1.82, 2.24) is 13.9 Å². The Hall–Kier alpha value is -3.43. The molecule has 0 saturated heterocycles. The molecule has 6 nitrogen and oxygen atoms in total. The van der Waals surface area contributed by atoms with Crippen LogP contribution in [-0.2, 0) is 16.6 Å². The molecule has 0 bridgehead atoms. The molecule has 4 aromatic rings. The zero-order valence-electron chi connectivity index (χ0n) is 18.2. The highest BCUT2D eigenvalue weighted by atomic mass is 32.2. The zero-order chi connectivity index (χ0) is 23.9. The van der Waals surface area contributed by atoms with E-state index in [9.17, 15) is 22.0 Å². The molecule has 0 N–H and O–H groups in total. The first kappa shape index (κ1) is 22.8. The molecule has 0 amide bonds. The van der Waals surface area contributed by atoms with Crippen molar-refractivity contribution in [2.75, 3.05) is 7.05 Å². The van der Waals surface area contributed by atoms with Crippen LogP contribution in [0.3, 0.4) is 0 Å². The lowest BCUT2D eigenvalue weighted by Gasteiger charge is -2.21. The largest absolute Gasteiger partial charge is 0.268 e. The highest BCUT2D eigenvalue weighted by Gasteiger charge is 2.25. The molecular formula is C24H21F2N3O3S. The average Bonchev–Trinajstić information content (AvgIpc) is 2.76. The summed E-state index contributed by atoms with van der Waals surface area (Å²) in [6, 6.07) is 14.8. The highest BCUT2D eigenvalue weighted by molar-refractivity contribution is 7.89. The van der Waals surface area contributed by atoms with Gasteiger partial charge in [0.25, 0.3) is 5.56 Å². The molecule has 3 aromatic carbocycles. The summed E-state index contributed by atoms with van der Waals surface area (Å²) in [5.74, 6) is -2.21. The number of rotatable bonds is 5. The minimum atomic E-state index is -4.19. The fourth-order valence-corrected chi connectivity index (χ4v) is 4.83. The minimum Gasteiger partial charge on any atom is -0.268 e. The van der Waals surface area contributed by atoms with Crippen LogP contribution in [0.4, 0.5) is 8.78 Å². The van der Waals surface area contributed by atoms with Gasteiger partial charge in [0.2, 0.25) is 10.0 Å². The maximum Gasteiger partial charge on any atom is 0.266 e. The molecule has 1 aromatic heterocycles. The summed E-state index contributed by atoms with van der Waals surface area (Å²) in [5.41, 5.74) is 2.51. The molecule has 0 atom stereocenters. The number of para-hydroxylation sites is 1. The topological polar surface area (TPSA) is 72.3 Å². The summed E-state index contributed by atoms with van der Waals surface area (Å²) < 4.78 is 55.4. The summed E-state index contributed by atoms with van der Waals surface area (Å²) >= 11 is 0. The van der Waals surface area contributed by atoms with Gasteiger partial charge in [0, 0.05) is 7.05 Å². The standard InChI is InChI=1S/C24H21F2N3O3S/c1-15-8-11-22(16(2)12-15)29-23(27-21-7-5-4-6-18(21)24(29)30)14-28(3)33(31,32)17-9-10-19(25)20(26)13-17/h4-13H,14H2,1-3H3. The molecular weight excluding hydrogens is 448 g/mol. The lowest BCUT2D eigenvalue weighted by atomic mass is 10.1. The van der Waals surface area contributed by atoms with Crippen LogP contribution in [-0.4, -0.2) is 29.3 Å². The van der Waals surface area contributed by atoms with E-state index >= 15 is 0 Å². The Labute approximate surface area is 189 Å². The van der Waals surface area contributed by atoms with Crippen LogP contribution in [0.2, 0.25) is 0 Å². The van der Waals surface area contributed by atoms with Crippen molar-refractivity contribution in [3.8, 4) is 5.69 Å². The number of nitrogens with zero attached hydrogens (tertiary/aromatic N) is 3. The molecule has 0 radical (unpaired) electrons. The predicted molar refractivity (Wildman–Crippen MR) is 122 cm³/mol. The Kier molecular flexibility index (Phi) is 5.85. The van der Waals surface area contributed by atoms with Gasteiger partial charge in [-0.3, -0.25) is 9.36 Å². The number of aryl methyl sites for hydroxylation is 2. The van der Waals surface area contributed by atoms with Crippen molar-refractivity contribution >= 4 is 20.9 Å². The Morgan fingerprint density at radius 3 is 2.39 bits per heavy atom. The molecule has 0 aliphatic rings. The van der Waals surface area contributed by atoms with Gasteiger partial charge in [0.05, 0.1) is 28.0 Å². The first-order chi connectivity index (χ1) is 15.6. The average molecular weight is 470 g/mol. The van der Waals surface area contributed by atoms with Crippen molar-refractivity contribution in [3.05, 3.63) is 99.6 Å². The molecule has 0 saturated carbocycles. The van der Waals surface area contributed by atoms with Crippen LogP contribution in [0.25, 0.3) is 16.6 Å². The van der Waals surface area contributed by atoms with Crippen LogP contribution in [0.15, 0.2) is 70.4 Å². The summed E-state index contributed by atoms with van der Waals surface area (Å²) in [4.78, 5) is 17.6. The Morgan fingerprint density at radius 2 is 1.70 bits per heavy atom. The van der Waals surface area contributed by atoms with Gasteiger partial charge in [0.15, 0.2) is 11.6 Å². The van der Waals surface area contributed by atoms with Gasteiger partial charge >= 0.3 is 0 Å². The highest BCUT2D eigenvalue weighted by Crippen LogP contribution is 2.22. The molecule has 0 unspecified atom stereocenters. The van der Waals surface area contributed by atoms with Crippen molar-refractivity contribution in [2.45, 2.75) is 25.3 Å². The van der Waals surface area contributed by atoms with Gasteiger partial charge in [-0.05, 0) is 55.8 Å². The third-order valence-corrected chi connectivity index (χ3v) is 7.20. The first-order valence-electron chi connectivity index (χ1n) is 10.1. The predicted octanol–water partition coefficient (Wildman–Crippen LogP) is 4.10. The second-order valence-electron chi connectivity index (χ2n) is 7.81. The number of benzene rings is 3. The number of hydrogen-bond donors (Lipinski definition) is 0. The second kappa shape index (κ2) is 8.49. The molecule has 0 aliphatic heterocycles. The van der Waals surface area contributed by atoms with Crippen LogP contribution >= 0.6 is 0 Å². The summed E-state index contributed by atoms with van der Waals surface area (Å²) in [6.45, 7) is 3.52. The van der Waals surface area contributed by atoms with Gasteiger partial charge in [-0.1, -0.05) is 29.8 Å². The van der Waals surface area contributed by atoms with Gasteiger partial charge in [0.1, 0.15) is 5.82 Å². The fraction of sp³-hybridized carbons (Fsp3) is 0.167. The van der Waals surface area contributed by atoms with Crippen molar-refractivity contribution in [3.63, 3.8) is 0 Å². The van der Waals surface area contributed by atoms with E-state index in [1.165, 1.54) is 11.6 Å². The fourth-order valence-electron chi connectivity index (χ4n) is 3.69. The zero-order valence-corrected chi connectivity index (χ0v) is 19.0. The third-order valence-electron chi connectivity index (χ3n) is 5.40. The maximum atomic E-state index is 13.7. The van der Waals surface area contributed by atoms with E-state index in [4.69, 9.17) is 0 Å². The number of fused-ring (bicyclic) bond motifs is 1. The normalized spacial score (nSPS) is 11.9. The second-order valence-corrected chi connectivity index (χ2v) is 9.86. The molecule has 0 aliphatic carbocycles. The molecule has 33 heavy (non-hydrogen) atoms. The Bertz CT molecular complexity index is 1550. The molecule has 9 heteroatoms. The van der Waals surface area contributed by atoms with E-state index < -0.39 is 26.6 Å². The van der Waals surface area contributed by atoms with E-state index in [1.54, 1.807) is 30.3 Å². The lowest BCUT2D eigenvalue weighted by Crippen LogP contribution is -2.32. The van der Waals surface area contributed by atoms with Crippen LogP contribution < -0.4 is 5.56 Å². The van der Waals surface area contributed by atoms with Crippen LogP contribution in [0.1, 0.15) is 17.0 Å². The molecule has 4 rings (SSSR count). The SMILES string of the molecule is Cc1ccc(-n2c(CN(C)S(=O)(=O)c3ccc(F)c(F)c3)nc3ccccc3c2=O)c(C)c1. The van der Waals surface area contributed by atoms with Gasteiger partial charge in [-0.2, -0.15) is 4.31 Å². The van der Waals surface area contributed by atoms with Crippen molar-refractivity contribution in [2.24, 2.45) is 0 Å². The van der Waals surface area contributed by atoms with Gasteiger partial charge in [-0.15, -0.1) is 0 Å². The lowest BCUT2D eigenvalue weighted by molar-refractivity contribution is 0.450. The van der Waals surface area contributed by atoms with E-state index in [2.05, 4.69) is 4.98 Å². The van der Waals surface area contributed by atoms with Gasteiger partial charge in [-0.25, -0.2) is 22.2 Å². The van der Waals surface area contributed by atoms with E-state index in [1.807, 2.05) is 26.0 Å². The van der Waals surface area contributed by atoms with Crippen LogP contribution in [0, 0.1) is 25.5 Å². The number of hydrogen-bond acceptors (Lipinski definition) is 4. The Morgan fingerprint density at radius 1 is 0.970 bits per heavy atom. The molecule has 0 fully saturated rings. The Balaban J connectivity index is 1.88. The number of aromatic nitrogens is 2. The molecule has 1 heterocycles. The minimum absolute atomic E-state index is 0.194. The smallest absolute Gasteiger partial charge is 0.266 e. The molecule has 170 valence electrons. The van der Waals surface area contributed by atoms with E-state index in [-0.39, 0.29) is 17.9 Å². The summed E-state index contributed by atoms with van der Waals surface area (Å²) in [5, 5.41) is 0.396. The number of sulfonamides is 1.